The molecular formula is C29H34N4O5. The molecule has 0 saturated carbocycles. The van der Waals surface area contributed by atoms with Crippen LogP contribution in [0.15, 0.2) is 40.9 Å². The van der Waals surface area contributed by atoms with Crippen molar-refractivity contribution in [2.24, 2.45) is 5.41 Å². The van der Waals surface area contributed by atoms with Gasteiger partial charge in [-0.15, -0.1) is 0 Å². The van der Waals surface area contributed by atoms with Gasteiger partial charge in [-0.3, -0.25) is 4.90 Å². The molecule has 0 fully saturated rings. The molecule has 200 valence electrons. The number of aliphatic hydroxyl groups excluding tert-OH is 1. The fourth-order valence-corrected chi connectivity index (χ4v) is 4.71. The maximum atomic E-state index is 12.3. The molecule has 2 atom stereocenters. The first-order valence-electron chi connectivity index (χ1n) is 12.8. The van der Waals surface area contributed by atoms with Crippen LogP contribution in [-0.2, 0) is 6.42 Å². The summed E-state index contributed by atoms with van der Waals surface area (Å²) in [7, 11) is 0. The normalized spacial score (nSPS) is 16.0. The van der Waals surface area contributed by atoms with E-state index in [0.29, 0.717) is 29.1 Å². The smallest absolute Gasteiger partial charge is 0.407 e. The van der Waals surface area contributed by atoms with E-state index >= 15 is 0 Å². The number of aromatic nitrogens is 2. The van der Waals surface area contributed by atoms with E-state index in [9.17, 15) is 20.3 Å². The predicted octanol–water partition coefficient (Wildman–Crippen LogP) is 5.83. The quantitative estimate of drug-likeness (QED) is 0.399. The van der Waals surface area contributed by atoms with Crippen molar-refractivity contribution in [2.45, 2.75) is 72.1 Å². The van der Waals surface area contributed by atoms with Gasteiger partial charge in [-0.1, -0.05) is 44.1 Å². The minimum atomic E-state index is -1.06. The van der Waals surface area contributed by atoms with Gasteiger partial charge >= 0.3 is 6.09 Å². The van der Waals surface area contributed by atoms with E-state index in [-0.39, 0.29) is 24.6 Å². The molecule has 38 heavy (non-hydrogen) atoms. The van der Waals surface area contributed by atoms with E-state index in [2.05, 4.69) is 16.2 Å². The highest BCUT2D eigenvalue weighted by atomic mass is 16.5. The highest BCUT2D eigenvalue weighted by molar-refractivity contribution is 5.69. The first kappa shape index (κ1) is 27.1. The van der Waals surface area contributed by atoms with Crippen LogP contribution in [-0.4, -0.2) is 50.1 Å². The van der Waals surface area contributed by atoms with Crippen molar-refractivity contribution >= 4 is 6.09 Å². The predicted molar refractivity (Wildman–Crippen MR) is 142 cm³/mol. The third-order valence-electron chi connectivity index (χ3n) is 6.84. The van der Waals surface area contributed by atoms with E-state index in [1.807, 2.05) is 52.8 Å². The molecule has 2 aromatic carbocycles. The topological polar surface area (TPSA) is 133 Å². The summed E-state index contributed by atoms with van der Waals surface area (Å²) < 4.78 is 11.3. The standard InChI is InChI=1S/C29H34N4O5/c1-17(2)37-24-13-12-18(14-19(24)15-30)27-31-26(32-38-27)22-10-6-9-21-20(22)8-7-11-23(21)33(28(35)36)16-25(34)29(3,4)5/h6,9-10,12-14,17,23,25,34H,7-8,11,16H2,1-5H3,(H,35,36)/t23?,25-/m1/s1. The molecular weight excluding hydrogens is 484 g/mol. The van der Waals surface area contributed by atoms with Gasteiger partial charge in [0.2, 0.25) is 5.82 Å². The van der Waals surface area contributed by atoms with Crippen LogP contribution in [0.4, 0.5) is 4.79 Å². The van der Waals surface area contributed by atoms with Crippen molar-refractivity contribution in [3.05, 3.63) is 53.1 Å². The van der Waals surface area contributed by atoms with Crippen LogP contribution in [0.1, 0.15) is 70.2 Å². The molecule has 1 amide bonds. The zero-order valence-corrected chi connectivity index (χ0v) is 22.4. The first-order chi connectivity index (χ1) is 18.0. The number of amides is 1. The van der Waals surface area contributed by atoms with Crippen molar-refractivity contribution in [1.82, 2.24) is 15.0 Å². The van der Waals surface area contributed by atoms with Gasteiger partial charge in [0.25, 0.3) is 5.89 Å². The molecule has 1 unspecified atom stereocenters. The van der Waals surface area contributed by atoms with Gasteiger partial charge < -0.3 is 19.5 Å². The van der Waals surface area contributed by atoms with Crippen LogP contribution < -0.4 is 4.74 Å². The second-order valence-corrected chi connectivity index (χ2v) is 11.0. The maximum absolute atomic E-state index is 12.3. The molecule has 1 aromatic heterocycles. The molecule has 0 radical (unpaired) electrons. The molecule has 4 rings (SSSR count). The Morgan fingerprint density at radius 2 is 2.05 bits per heavy atom. The zero-order valence-electron chi connectivity index (χ0n) is 22.4. The first-order valence-corrected chi connectivity index (χ1v) is 12.8. The number of aliphatic hydroxyl groups is 1. The van der Waals surface area contributed by atoms with Crippen molar-refractivity contribution < 1.29 is 24.3 Å². The Kier molecular flexibility index (Phi) is 7.74. The Morgan fingerprint density at radius 1 is 1.29 bits per heavy atom. The largest absolute Gasteiger partial charge is 0.490 e. The van der Waals surface area contributed by atoms with E-state index < -0.39 is 17.6 Å². The summed E-state index contributed by atoms with van der Waals surface area (Å²) in [5, 5.41) is 34.5. The monoisotopic (exact) mass is 518 g/mol. The minimum absolute atomic E-state index is 0.0251. The summed E-state index contributed by atoms with van der Waals surface area (Å²) in [5.74, 6) is 1.17. The number of hydrogen-bond acceptors (Lipinski definition) is 7. The third kappa shape index (κ3) is 5.65. The Hall–Kier alpha value is -3.90. The fraction of sp³-hybridized carbons (Fsp3) is 0.448. The summed E-state index contributed by atoms with van der Waals surface area (Å²) in [4.78, 5) is 18.2. The molecule has 9 nitrogen and oxygen atoms in total. The number of hydrogen-bond donors (Lipinski definition) is 2. The SMILES string of the molecule is CC(C)Oc1ccc(-c2nc(-c3cccc4c3CCCC4N(C[C@@H](O)C(C)(C)C)C(=O)O)no2)cc1C#N. The maximum Gasteiger partial charge on any atom is 0.407 e. The number of carboxylic acid groups (broad SMARTS) is 1. The number of rotatable bonds is 7. The molecule has 1 heterocycles. The Labute approximate surface area is 222 Å². The van der Waals surface area contributed by atoms with E-state index in [1.54, 1.807) is 18.2 Å². The van der Waals surface area contributed by atoms with Gasteiger partial charge in [-0.25, -0.2) is 4.79 Å². The summed E-state index contributed by atoms with van der Waals surface area (Å²) in [6, 6.07) is 12.6. The van der Waals surface area contributed by atoms with Crippen molar-refractivity contribution in [1.29, 1.82) is 5.26 Å². The highest BCUT2D eigenvalue weighted by Crippen LogP contribution is 2.40. The third-order valence-corrected chi connectivity index (χ3v) is 6.84. The van der Waals surface area contributed by atoms with Gasteiger partial charge in [0, 0.05) is 11.1 Å². The average molecular weight is 519 g/mol. The van der Waals surface area contributed by atoms with Gasteiger partial charge in [0.1, 0.15) is 11.8 Å². The number of ether oxygens (including phenoxy) is 1. The average Bonchev–Trinajstić information content (AvgIpc) is 3.35. The molecule has 1 aliphatic rings. The highest BCUT2D eigenvalue weighted by Gasteiger charge is 2.34. The van der Waals surface area contributed by atoms with Crippen LogP contribution >= 0.6 is 0 Å². The Balaban J connectivity index is 1.67. The van der Waals surface area contributed by atoms with Crippen molar-refractivity contribution in [3.63, 3.8) is 0 Å². The lowest BCUT2D eigenvalue weighted by atomic mass is 9.83. The van der Waals surface area contributed by atoms with Gasteiger partial charge in [0.05, 0.1) is 30.4 Å². The number of nitriles is 1. The van der Waals surface area contributed by atoms with E-state index in [4.69, 9.17) is 9.26 Å². The lowest BCUT2D eigenvalue weighted by Gasteiger charge is -2.38. The van der Waals surface area contributed by atoms with Crippen molar-refractivity contribution in [3.8, 4) is 34.7 Å². The second kappa shape index (κ2) is 10.8. The lowest BCUT2D eigenvalue weighted by Crippen LogP contribution is -2.44. The molecule has 3 aromatic rings. The van der Waals surface area contributed by atoms with E-state index in [0.717, 1.165) is 29.5 Å². The molecule has 0 saturated heterocycles. The van der Waals surface area contributed by atoms with Gasteiger partial charge in [-0.2, -0.15) is 10.2 Å². The zero-order chi connectivity index (χ0) is 27.6. The summed E-state index contributed by atoms with van der Waals surface area (Å²) in [6.45, 7) is 9.49. The molecule has 1 aliphatic carbocycles. The molecule has 0 spiro atoms. The molecule has 0 bridgehead atoms. The van der Waals surface area contributed by atoms with Crippen molar-refractivity contribution in [2.75, 3.05) is 6.54 Å². The fourth-order valence-electron chi connectivity index (χ4n) is 4.71. The number of benzene rings is 2. The second-order valence-electron chi connectivity index (χ2n) is 11.0. The number of nitrogens with zero attached hydrogens (tertiary/aromatic N) is 4. The molecule has 9 heteroatoms. The molecule has 0 aliphatic heterocycles. The number of carbonyl (C=O) groups is 1. The van der Waals surface area contributed by atoms with Gasteiger partial charge in [-0.05, 0) is 67.9 Å². The van der Waals surface area contributed by atoms with Gasteiger partial charge in [0.15, 0.2) is 0 Å². The Morgan fingerprint density at radius 3 is 2.71 bits per heavy atom. The summed E-state index contributed by atoms with van der Waals surface area (Å²) in [5.41, 5.74) is 3.19. The van der Waals surface area contributed by atoms with Crippen LogP contribution in [0.5, 0.6) is 5.75 Å². The van der Waals surface area contributed by atoms with Crippen LogP contribution in [0.25, 0.3) is 22.8 Å². The van der Waals surface area contributed by atoms with Crippen LogP contribution in [0, 0.1) is 16.7 Å². The van der Waals surface area contributed by atoms with Crippen LogP contribution in [0.2, 0.25) is 0 Å². The molecule has 2 N–H and O–H groups in total. The van der Waals surface area contributed by atoms with Crippen LogP contribution in [0.3, 0.4) is 0 Å². The number of fused-ring (bicyclic) bond motifs is 1. The summed E-state index contributed by atoms with van der Waals surface area (Å²) in [6.07, 6.45) is 0.279. The minimum Gasteiger partial charge on any atom is -0.490 e. The Bertz CT molecular complexity index is 1350. The summed E-state index contributed by atoms with van der Waals surface area (Å²) >= 11 is 0. The van der Waals surface area contributed by atoms with E-state index in [1.165, 1.54) is 4.90 Å². The lowest BCUT2D eigenvalue weighted by molar-refractivity contribution is 0.0162.